The van der Waals surface area contributed by atoms with Crippen molar-refractivity contribution in [3.05, 3.63) is 11.4 Å². The first-order valence-corrected chi connectivity index (χ1v) is 8.80. The van der Waals surface area contributed by atoms with Crippen LogP contribution in [0, 0.1) is 6.92 Å². The van der Waals surface area contributed by atoms with E-state index in [1.165, 1.54) is 0 Å². The third-order valence-corrected chi connectivity index (χ3v) is 5.10. The third-order valence-electron chi connectivity index (χ3n) is 3.44. The first-order chi connectivity index (χ1) is 9.90. The fourth-order valence-electron chi connectivity index (χ4n) is 2.15. The lowest BCUT2D eigenvalue weighted by Gasteiger charge is -2.11. The highest BCUT2D eigenvalue weighted by atomic mass is 32.2. The van der Waals surface area contributed by atoms with Crippen molar-refractivity contribution in [2.75, 3.05) is 27.2 Å². The van der Waals surface area contributed by atoms with E-state index in [0.717, 1.165) is 25.8 Å². The van der Waals surface area contributed by atoms with Gasteiger partial charge in [-0.15, -0.1) is 0 Å². The van der Waals surface area contributed by atoms with E-state index < -0.39 is 10.0 Å². The van der Waals surface area contributed by atoms with Gasteiger partial charge in [0.05, 0.1) is 11.4 Å². The minimum Gasteiger partial charge on any atom is -0.309 e. The fourth-order valence-corrected chi connectivity index (χ4v) is 3.58. The van der Waals surface area contributed by atoms with E-state index in [-0.39, 0.29) is 0 Å². The zero-order valence-electron chi connectivity index (χ0n) is 12.9. The molecule has 1 aliphatic rings. The molecule has 0 atom stereocenters. The summed E-state index contributed by atoms with van der Waals surface area (Å²) in [7, 11) is 0.431. The van der Waals surface area contributed by atoms with Crippen LogP contribution < -0.4 is 10.0 Å². The third kappa shape index (κ3) is 4.77. The average Bonchev–Trinajstić information content (AvgIpc) is 3.15. The maximum Gasteiger partial charge on any atom is 0.244 e. The van der Waals surface area contributed by atoms with E-state index in [0.29, 0.717) is 35.4 Å². The number of aromatic amines is 1. The van der Waals surface area contributed by atoms with Gasteiger partial charge in [0.1, 0.15) is 4.90 Å². The lowest BCUT2D eigenvalue weighted by molar-refractivity contribution is 0.400. The van der Waals surface area contributed by atoms with Crippen molar-refractivity contribution in [2.24, 2.45) is 0 Å². The highest BCUT2D eigenvalue weighted by Gasteiger charge is 2.26. The molecular formula is C13H25N5O2S. The highest BCUT2D eigenvalue weighted by molar-refractivity contribution is 7.89. The number of aromatic nitrogens is 2. The van der Waals surface area contributed by atoms with Crippen molar-refractivity contribution in [2.45, 2.75) is 43.7 Å². The van der Waals surface area contributed by atoms with Crippen LogP contribution in [0.3, 0.4) is 0 Å². The average molecular weight is 315 g/mol. The van der Waals surface area contributed by atoms with Crippen LogP contribution in [0.15, 0.2) is 4.90 Å². The summed E-state index contributed by atoms with van der Waals surface area (Å²) in [4.78, 5) is 2.32. The molecular weight excluding hydrogens is 290 g/mol. The molecule has 0 aliphatic heterocycles. The molecule has 1 aromatic rings. The smallest absolute Gasteiger partial charge is 0.244 e. The molecule has 120 valence electrons. The number of nitrogens with one attached hydrogen (secondary N) is 3. The minimum atomic E-state index is -3.51. The summed E-state index contributed by atoms with van der Waals surface area (Å²) in [6, 6.07) is 0.519. The van der Waals surface area contributed by atoms with E-state index in [2.05, 4.69) is 20.2 Å². The number of hydrogen-bond acceptors (Lipinski definition) is 5. The Bertz CT molecular complexity index is 563. The summed E-state index contributed by atoms with van der Waals surface area (Å²) in [5, 5.41) is 10.2. The Morgan fingerprint density at radius 3 is 2.71 bits per heavy atom. The van der Waals surface area contributed by atoms with Crippen molar-refractivity contribution in [3.63, 3.8) is 0 Å². The van der Waals surface area contributed by atoms with Gasteiger partial charge in [-0.2, -0.15) is 5.10 Å². The molecule has 0 bridgehead atoms. The van der Waals surface area contributed by atoms with Crippen LogP contribution in [0.1, 0.15) is 30.7 Å². The lowest BCUT2D eigenvalue weighted by atomic mass is 10.3. The van der Waals surface area contributed by atoms with Gasteiger partial charge in [0, 0.05) is 19.1 Å². The molecule has 0 aromatic carbocycles. The zero-order chi connectivity index (χ0) is 15.5. The molecule has 1 fully saturated rings. The van der Waals surface area contributed by atoms with Gasteiger partial charge in [-0.1, -0.05) is 0 Å². The predicted octanol–water partition coefficient (Wildman–Crippen LogP) is 0.200. The summed E-state index contributed by atoms with van der Waals surface area (Å²) < 4.78 is 27.5. The molecule has 1 aliphatic carbocycles. The SMILES string of the molecule is Cc1[nH]nc(CNC2CC2)c1S(=O)(=O)NCCCN(C)C. The van der Waals surface area contributed by atoms with Crippen LogP contribution in [-0.2, 0) is 16.6 Å². The topological polar surface area (TPSA) is 90.1 Å². The monoisotopic (exact) mass is 315 g/mol. The molecule has 0 amide bonds. The first-order valence-electron chi connectivity index (χ1n) is 7.32. The van der Waals surface area contributed by atoms with E-state index in [9.17, 15) is 8.42 Å². The Kier molecular flexibility index (Phi) is 5.37. The molecule has 8 heteroatoms. The zero-order valence-corrected chi connectivity index (χ0v) is 13.8. The van der Waals surface area contributed by atoms with Crippen LogP contribution in [0.4, 0.5) is 0 Å². The van der Waals surface area contributed by atoms with Gasteiger partial charge in [-0.25, -0.2) is 13.1 Å². The van der Waals surface area contributed by atoms with Gasteiger partial charge in [0.2, 0.25) is 10.0 Å². The predicted molar refractivity (Wildman–Crippen MR) is 81.5 cm³/mol. The van der Waals surface area contributed by atoms with Gasteiger partial charge >= 0.3 is 0 Å². The number of rotatable bonds is 9. The number of H-pyrrole nitrogens is 1. The summed E-state index contributed by atoms with van der Waals surface area (Å²) in [6.07, 6.45) is 3.10. The van der Waals surface area contributed by atoms with E-state index in [1.54, 1.807) is 6.92 Å². The van der Waals surface area contributed by atoms with E-state index >= 15 is 0 Å². The molecule has 1 saturated carbocycles. The van der Waals surface area contributed by atoms with E-state index in [1.807, 2.05) is 19.0 Å². The second-order valence-corrected chi connectivity index (χ2v) is 7.54. The van der Waals surface area contributed by atoms with Crippen molar-refractivity contribution in [3.8, 4) is 0 Å². The molecule has 3 N–H and O–H groups in total. The summed E-state index contributed by atoms with van der Waals surface area (Å²) in [5.41, 5.74) is 1.15. The van der Waals surface area contributed by atoms with Crippen LogP contribution >= 0.6 is 0 Å². The number of nitrogens with zero attached hydrogens (tertiary/aromatic N) is 2. The largest absolute Gasteiger partial charge is 0.309 e. The molecule has 0 radical (unpaired) electrons. The summed E-state index contributed by atoms with van der Waals surface area (Å²) >= 11 is 0. The summed E-state index contributed by atoms with van der Waals surface area (Å²) in [5.74, 6) is 0. The second-order valence-electron chi connectivity index (χ2n) is 5.83. The fraction of sp³-hybridized carbons (Fsp3) is 0.769. The Labute approximate surface area is 126 Å². The maximum absolute atomic E-state index is 12.4. The van der Waals surface area contributed by atoms with Crippen molar-refractivity contribution < 1.29 is 8.42 Å². The van der Waals surface area contributed by atoms with Crippen molar-refractivity contribution >= 4 is 10.0 Å². The Morgan fingerprint density at radius 2 is 2.10 bits per heavy atom. The van der Waals surface area contributed by atoms with Gasteiger partial charge < -0.3 is 10.2 Å². The normalized spacial score (nSPS) is 15.8. The van der Waals surface area contributed by atoms with Crippen LogP contribution in [-0.4, -0.2) is 56.7 Å². The maximum atomic E-state index is 12.4. The van der Waals surface area contributed by atoms with Crippen LogP contribution in [0.2, 0.25) is 0 Å². The molecule has 21 heavy (non-hydrogen) atoms. The standard InChI is InChI=1S/C13H25N5O2S/c1-10-13(12(17-16-10)9-14-11-5-6-11)21(19,20)15-7-4-8-18(2)3/h11,14-15H,4-9H2,1-3H3,(H,16,17). The quantitative estimate of drug-likeness (QED) is 0.566. The van der Waals surface area contributed by atoms with Gasteiger partial charge in [0.15, 0.2) is 0 Å². The second kappa shape index (κ2) is 6.87. The Morgan fingerprint density at radius 1 is 1.38 bits per heavy atom. The van der Waals surface area contributed by atoms with Crippen molar-refractivity contribution in [1.29, 1.82) is 0 Å². The highest BCUT2D eigenvalue weighted by Crippen LogP contribution is 2.21. The number of hydrogen-bond donors (Lipinski definition) is 3. The van der Waals surface area contributed by atoms with Crippen molar-refractivity contribution in [1.82, 2.24) is 25.1 Å². The van der Waals surface area contributed by atoms with Crippen LogP contribution in [0.25, 0.3) is 0 Å². The summed E-state index contributed by atoms with van der Waals surface area (Å²) in [6.45, 7) is 3.51. The first kappa shape index (κ1) is 16.4. The molecule has 0 spiro atoms. The minimum absolute atomic E-state index is 0.292. The van der Waals surface area contributed by atoms with E-state index in [4.69, 9.17) is 0 Å². The number of sulfonamides is 1. The molecule has 1 aromatic heterocycles. The Hall–Kier alpha value is -0.960. The van der Waals surface area contributed by atoms with Crippen LogP contribution in [0.5, 0.6) is 0 Å². The molecule has 1 heterocycles. The van der Waals surface area contributed by atoms with Gasteiger partial charge in [-0.05, 0) is 46.8 Å². The number of aryl methyl sites for hydroxylation is 1. The molecule has 7 nitrogen and oxygen atoms in total. The molecule has 2 rings (SSSR count). The lowest BCUT2D eigenvalue weighted by Crippen LogP contribution is -2.29. The van der Waals surface area contributed by atoms with Gasteiger partial charge in [0.25, 0.3) is 0 Å². The molecule has 0 unspecified atom stereocenters. The van der Waals surface area contributed by atoms with Gasteiger partial charge in [-0.3, -0.25) is 5.10 Å². The Balaban J connectivity index is 1.98. The molecule has 0 saturated heterocycles.